The zero-order valence-electron chi connectivity index (χ0n) is 13.6. The summed E-state index contributed by atoms with van der Waals surface area (Å²) in [5.41, 5.74) is 3.32. The second-order valence-electron chi connectivity index (χ2n) is 5.73. The molecule has 124 valence electrons. The Balaban J connectivity index is 1.92. The molecule has 3 aromatic rings. The van der Waals surface area contributed by atoms with Crippen LogP contribution < -0.4 is 0 Å². The summed E-state index contributed by atoms with van der Waals surface area (Å²) in [6, 6.07) is 28.2. The molecular weight excluding hydrogens is 347 g/mol. The van der Waals surface area contributed by atoms with E-state index < -0.39 is 0 Å². The van der Waals surface area contributed by atoms with Gasteiger partial charge in [-0.2, -0.15) is 0 Å². The second-order valence-corrected chi connectivity index (χ2v) is 6.57. The van der Waals surface area contributed by atoms with Gasteiger partial charge in [0, 0.05) is 16.0 Å². The van der Waals surface area contributed by atoms with Crippen LogP contribution in [-0.2, 0) is 0 Å². The molecule has 1 unspecified atom stereocenters. The van der Waals surface area contributed by atoms with Crippen molar-refractivity contribution in [3.05, 3.63) is 119 Å². The number of halogens is 2. The van der Waals surface area contributed by atoms with Crippen LogP contribution in [0.2, 0.25) is 5.02 Å². The van der Waals surface area contributed by atoms with Crippen LogP contribution in [0.1, 0.15) is 22.6 Å². The summed E-state index contributed by atoms with van der Waals surface area (Å²) < 4.78 is 0. The van der Waals surface area contributed by atoms with Gasteiger partial charge < -0.3 is 0 Å². The van der Waals surface area contributed by atoms with Gasteiger partial charge in [0.25, 0.3) is 0 Å². The summed E-state index contributed by atoms with van der Waals surface area (Å²) in [6.07, 6.45) is 6.36. The lowest BCUT2D eigenvalue weighted by Crippen LogP contribution is -1.92. The third-order valence-electron chi connectivity index (χ3n) is 3.93. The molecule has 0 aliphatic carbocycles. The van der Waals surface area contributed by atoms with Crippen LogP contribution in [0.4, 0.5) is 0 Å². The summed E-state index contributed by atoms with van der Waals surface area (Å²) in [7, 11) is 0. The zero-order chi connectivity index (χ0) is 17.5. The van der Waals surface area contributed by atoms with Crippen molar-refractivity contribution in [2.75, 3.05) is 0 Å². The Kier molecular flexibility index (Phi) is 6.11. The van der Waals surface area contributed by atoms with E-state index in [0.29, 0.717) is 10.1 Å². The van der Waals surface area contributed by atoms with Gasteiger partial charge in [-0.05, 0) is 28.8 Å². The summed E-state index contributed by atoms with van der Waals surface area (Å²) in [6.45, 7) is 0. The molecule has 0 heterocycles. The van der Waals surface area contributed by atoms with Crippen LogP contribution in [0.3, 0.4) is 0 Å². The van der Waals surface area contributed by atoms with Crippen LogP contribution in [0.25, 0.3) is 11.1 Å². The molecule has 0 radical (unpaired) electrons. The largest absolute Gasteiger partial charge is 0.0843 e. The molecule has 0 aliphatic rings. The summed E-state index contributed by atoms with van der Waals surface area (Å²) in [5, 5.41) is 1.42. The van der Waals surface area contributed by atoms with Gasteiger partial charge in [0.15, 0.2) is 0 Å². The Morgan fingerprint density at radius 3 is 2.00 bits per heavy atom. The number of benzene rings is 3. The van der Waals surface area contributed by atoms with E-state index in [9.17, 15) is 0 Å². The zero-order valence-corrected chi connectivity index (χ0v) is 15.2. The molecule has 3 aromatic carbocycles. The van der Waals surface area contributed by atoms with Crippen molar-refractivity contribution in [2.45, 2.75) is 5.92 Å². The minimum Gasteiger partial charge on any atom is -0.0843 e. The lowest BCUT2D eigenvalue weighted by atomic mass is 9.96. The van der Waals surface area contributed by atoms with Gasteiger partial charge in [-0.15, -0.1) is 0 Å². The van der Waals surface area contributed by atoms with Crippen LogP contribution in [0.5, 0.6) is 0 Å². The van der Waals surface area contributed by atoms with E-state index in [1.165, 1.54) is 11.1 Å². The minimum atomic E-state index is 0.0876. The van der Waals surface area contributed by atoms with Gasteiger partial charge >= 0.3 is 0 Å². The van der Waals surface area contributed by atoms with Crippen LogP contribution in [0.15, 0.2) is 97.1 Å². The van der Waals surface area contributed by atoms with E-state index in [1.807, 2.05) is 60.7 Å². The molecule has 0 N–H and O–H groups in total. The molecule has 0 amide bonds. The summed E-state index contributed by atoms with van der Waals surface area (Å²) >= 11 is 12.5. The van der Waals surface area contributed by atoms with E-state index in [0.717, 1.165) is 5.56 Å². The average molecular weight is 365 g/mol. The molecule has 0 aliphatic heterocycles. The standard InChI is InChI=1S/C23H18Cl2/c24-22-15-13-20(14-16-22)23(25)17-21(19-9-5-2-6-10-19)12-11-18-7-3-1-4-8-18/h1-17,21H/b12-11+,23-17+. The molecule has 1 atom stereocenters. The molecule has 0 nitrogen and oxygen atoms in total. The van der Waals surface area contributed by atoms with E-state index in [2.05, 4.69) is 42.5 Å². The Hall–Kier alpha value is -2.28. The van der Waals surface area contributed by atoms with Gasteiger partial charge in [-0.3, -0.25) is 0 Å². The molecule has 3 rings (SSSR count). The van der Waals surface area contributed by atoms with Crippen molar-refractivity contribution in [3.8, 4) is 0 Å². The fourth-order valence-corrected chi connectivity index (χ4v) is 2.97. The SMILES string of the molecule is Cl/C(=C/C(/C=C/c1ccccc1)c1ccccc1)c1ccc(Cl)cc1. The van der Waals surface area contributed by atoms with Crippen LogP contribution in [0, 0.1) is 0 Å². The topological polar surface area (TPSA) is 0 Å². The van der Waals surface area contributed by atoms with Gasteiger partial charge in [-0.1, -0.05) is 114 Å². The average Bonchev–Trinajstić information content (AvgIpc) is 2.67. The van der Waals surface area contributed by atoms with Gasteiger partial charge in [0.1, 0.15) is 0 Å². The van der Waals surface area contributed by atoms with E-state index >= 15 is 0 Å². The maximum absolute atomic E-state index is 6.57. The molecule has 0 fully saturated rings. The number of rotatable bonds is 5. The van der Waals surface area contributed by atoms with Crippen molar-refractivity contribution < 1.29 is 0 Å². The van der Waals surface area contributed by atoms with Crippen LogP contribution in [-0.4, -0.2) is 0 Å². The van der Waals surface area contributed by atoms with Crippen molar-refractivity contribution >= 4 is 34.3 Å². The molecule has 0 saturated heterocycles. The second kappa shape index (κ2) is 8.71. The number of hydrogen-bond acceptors (Lipinski definition) is 0. The molecule has 0 bridgehead atoms. The molecule has 0 saturated carbocycles. The monoisotopic (exact) mass is 364 g/mol. The molecule has 25 heavy (non-hydrogen) atoms. The number of allylic oxidation sites excluding steroid dienone is 2. The minimum absolute atomic E-state index is 0.0876. The molecular formula is C23H18Cl2. The molecule has 2 heteroatoms. The van der Waals surface area contributed by atoms with E-state index in [4.69, 9.17) is 23.2 Å². The highest BCUT2D eigenvalue weighted by molar-refractivity contribution is 6.48. The lowest BCUT2D eigenvalue weighted by molar-refractivity contribution is 1.09. The van der Waals surface area contributed by atoms with Gasteiger partial charge in [-0.25, -0.2) is 0 Å². The first-order valence-electron chi connectivity index (χ1n) is 8.14. The van der Waals surface area contributed by atoms with E-state index in [1.54, 1.807) is 0 Å². The summed E-state index contributed by atoms with van der Waals surface area (Å²) in [4.78, 5) is 0. The fourth-order valence-electron chi connectivity index (χ4n) is 2.58. The number of hydrogen-bond donors (Lipinski definition) is 0. The molecule has 0 aromatic heterocycles. The Bertz CT molecular complexity index is 848. The van der Waals surface area contributed by atoms with Crippen molar-refractivity contribution in [1.29, 1.82) is 0 Å². The van der Waals surface area contributed by atoms with E-state index in [-0.39, 0.29) is 5.92 Å². The third kappa shape index (κ3) is 5.09. The molecule has 0 spiro atoms. The fraction of sp³-hybridized carbons (Fsp3) is 0.0435. The highest BCUT2D eigenvalue weighted by Crippen LogP contribution is 2.28. The Morgan fingerprint density at radius 1 is 0.760 bits per heavy atom. The lowest BCUT2D eigenvalue weighted by Gasteiger charge is -2.10. The van der Waals surface area contributed by atoms with Gasteiger partial charge in [0.2, 0.25) is 0 Å². The Morgan fingerprint density at radius 2 is 1.36 bits per heavy atom. The normalized spacial score (nSPS) is 13.1. The first-order chi connectivity index (χ1) is 12.2. The smallest absolute Gasteiger partial charge is 0.0447 e. The first-order valence-corrected chi connectivity index (χ1v) is 8.89. The predicted octanol–water partition coefficient (Wildman–Crippen LogP) is 7.42. The van der Waals surface area contributed by atoms with Crippen molar-refractivity contribution in [1.82, 2.24) is 0 Å². The summed E-state index contributed by atoms with van der Waals surface area (Å²) in [5.74, 6) is 0.0876. The highest BCUT2D eigenvalue weighted by Gasteiger charge is 2.07. The van der Waals surface area contributed by atoms with Crippen molar-refractivity contribution in [3.63, 3.8) is 0 Å². The quantitative estimate of drug-likeness (QED) is 0.441. The van der Waals surface area contributed by atoms with Gasteiger partial charge in [0.05, 0.1) is 0 Å². The third-order valence-corrected chi connectivity index (χ3v) is 4.52. The Labute approximate surface area is 159 Å². The predicted molar refractivity (Wildman–Crippen MR) is 110 cm³/mol. The highest BCUT2D eigenvalue weighted by atomic mass is 35.5. The maximum atomic E-state index is 6.57. The maximum Gasteiger partial charge on any atom is 0.0447 e. The first kappa shape index (κ1) is 17.5. The van der Waals surface area contributed by atoms with Crippen molar-refractivity contribution in [2.24, 2.45) is 0 Å². The van der Waals surface area contributed by atoms with Crippen LogP contribution >= 0.6 is 23.2 Å².